The smallest absolute Gasteiger partial charge is 0.0820 e. The standard InChI is InChI=1S/C13H17ClN2/c14-11-7-15-16-12(11)13-4-8-1-9(5-13)3-10(2-8)6-13/h7-10H,1-6H2,(H,15,16). The lowest BCUT2D eigenvalue weighted by Gasteiger charge is -2.56. The molecular weight excluding hydrogens is 220 g/mol. The van der Waals surface area contributed by atoms with Crippen molar-refractivity contribution in [3.8, 4) is 0 Å². The van der Waals surface area contributed by atoms with E-state index in [9.17, 15) is 0 Å². The maximum absolute atomic E-state index is 6.28. The van der Waals surface area contributed by atoms with Crippen LogP contribution in [0.25, 0.3) is 0 Å². The van der Waals surface area contributed by atoms with Gasteiger partial charge in [0.05, 0.1) is 16.9 Å². The maximum atomic E-state index is 6.28. The van der Waals surface area contributed by atoms with Gasteiger partial charge in [0, 0.05) is 5.41 Å². The molecule has 0 saturated heterocycles. The molecule has 5 rings (SSSR count). The summed E-state index contributed by atoms with van der Waals surface area (Å²) in [5.41, 5.74) is 1.61. The van der Waals surface area contributed by atoms with Crippen LogP contribution in [-0.4, -0.2) is 10.2 Å². The molecule has 4 aliphatic rings. The molecule has 1 aromatic heterocycles. The first-order chi connectivity index (χ1) is 7.75. The van der Waals surface area contributed by atoms with Crippen LogP contribution in [0.15, 0.2) is 6.20 Å². The van der Waals surface area contributed by atoms with Crippen molar-refractivity contribution < 1.29 is 0 Å². The van der Waals surface area contributed by atoms with Gasteiger partial charge in [-0.25, -0.2) is 0 Å². The highest BCUT2D eigenvalue weighted by Crippen LogP contribution is 2.61. The molecule has 0 aromatic carbocycles. The Morgan fingerprint density at radius 2 is 1.69 bits per heavy atom. The van der Waals surface area contributed by atoms with Crippen LogP contribution in [0.2, 0.25) is 5.02 Å². The fourth-order valence-corrected chi connectivity index (χ4v) is 5.35. The van der Waals surface area contributed by atoms with Gasteiger partial charge in [0.25, 0.3) is 0 Å². The quantitative estimate of drug-likeness (QED) is 0.794. The number of nitrogens with one attached hydrogen (secondary N) is 1. The van der Waals surface area contributed by atoms with Gasteiger partial charge in [0.2, 0.25) is 0 Å². The Morgan fingerprint density at radius 3 is 2.12 bits per heavy atom. The van der Waals surface area contributed by atoms with Gasteiger partial charge in [0.15, 0.2) is 0 Å². The summed E-state index contributed by atoms with van der Waals surface area (Å²) in [7, 11) is 0. The molecule has 4 saturated carbocycles. The Morgan fingerprint density at radius 1 is 1.12 bits per heavy atom. The number of nitrogens with zero attached hydrogens (tertiary/aromatic N) is 1. The average molecular weight is 237 g/mol. The van der Waals surface area contributed by atoms with E-state index >= 15 is 0 Å². The summed E-state index contributed by atoms with van der Waals surface area (Å²) >= 11 is 6.28. The summed E-state index contributed by atoms with van der Waals surface area (Å²) in [5.74, 6) is 2.89. The minimum atomic E-state index is 0.363. The minimum Gasteiger partial charge on any atom is -0.280 e. The lowest BCUT2D eigenvalue weighted by molar-refractivity contribution is -0.00716. The normalized spacial score (nSPS) is 45.2. The number of H-pyrrole nitrogens is 1. The van der Waals surface area contributed by atoms with Crippen LogP contribution in [0.5, 0.6) is 0 Å². The van der Waals surface area contributed by atoms with E-state index < -0.39 is 0 Å². The van der Waals surface area contributed by atoms with Crippen LogP contribution in [0, 0.1) is 17.8 Å². The minimum absolute atomic E-state index is 0.363. The molecule has 16 heavy (non-hydrogen) atoms. The number of hydrogen-bond donors (Lipinski definition) is 1. The zero-order chi connectivity index (χ0) is 10.8. The van der Waals surface area contributed by atoms with Crippen molar-refractivity contribution in [2.24, 2.45) is 17.8 Å². The summed E-state index contributed by atoms with van der Waals surface area (Å²) < 4.78 is 0. The van der Waals surface area contributed by atoms with Gasteiger partial charge in [0.1, 0.15) is 0 Å². The van der Waals surface area contributed by atoms with Crippen LogP contribution >= 0.6 is 11.6 Å². The fraction of sp³-hybridized carbons (Fsp3) is 0.769. The van der Waals surface area contributed by atoms with E-state index in [1.165, 1.54) is 44.2 Å². The first-order valence-electron chi connectivity index (χ1n) is 6.44. The summed E-state index contributed by atoms with van der Waals surface area (Å²) in [6, 6.07) is 0. The monoisotopic (exact) mass is 236 g/mol. The predicted molar refractivity (Wildman–Crippen MR) is 63.4 cm³/mol. The Balaban J connectivity index is 1.79. The van der Waals surface area contributed by atoms with E-state index in [2.05, 4.69) is 10.2 Å². The molecule has 1 N–H and O–H groups in total. The Bertz CT molecular complexity index is 388. The fourth-order valence-electron chi connectivity index (χ4n) is 5.06. The number of hydrogen-bond acceptors (Lipinski definition) is 1. The Kier molecular flexibility index (Phi) is 1.81. The first kappa shape index (κ1) is 9.52. The van der Waals surface area contributed by atoms with Crippen molar-refractivity contribution in [1.82, 2.24) is 10.2 Å². The summed E-state index contributed by atoms with van der Waals surface area (Å²) in [4.78, 5) is 0. The lowest BCUT2D eigenvalue weighted by Crippen LogP contribution is -2.48. The highest BCUT2D eigenvalue weighted by atomic mass is 35.5. The van der Waals surface area contributed by atoms with Gasteiger partial charge in [-0.1, -0.05) is 11.6 Å². The third-order valence-electron chi connectivity index (χ3n) is 5.16. The van der Waals surface area contributed by atoms with Gasteiger partial charge in [-0.15, -0.1) is 0 Å². The molecule has 2 nitrogen and oxygen atoms in total. The van der Waals surface area contributed by atoms with E-state index in [4.69, 9.17) is 11.6 Å². The van der Waals surface area contributed by atoms with Crippen molar-refractivity contribution in [2.75, 3.05) is 0 Å². The lowest BCUT2D eigenvalue weighted by atomic mass is 9.49. The molecule has 0 radical (unpaired) electrons. The van der Waals surface area contributed by atoms with Gasteiger partial charge >= 0.3 is 0 Å². The SMILES string of the molecule is Clc1cn[nH]c1C12CC3CC(CC(C3)C1)C2. The Labute approximate surface area is 101 Å². The molecule has 1 aromatic rings. The van der Waals surface area contributed by atoms with Crippen LogP contribution in [0.1, 0.15) is 44.2 Å². The summed E-state index contributed by atoms with van der Waals surface area (Å²) in [6.45, 7) is 0. The first-order valence-corrected chi connectivity index (χ1v) is 6.82. The number of aromatic amines is 1. The second-order valence-corrected chi connectivity index (χ2v) is 6.70. The van der Waals surface area contributed by atoms with Crippen molar-refractivity contribution in [1.29, 1.82) is 0 Å². The van der Waals surface area contributed by atoms with Crippen LogP contribution in [0.4, 0.5) is 0 Å². The van der Waals surface area contributed by atoms with Crippen molar-refractivity contribution >= 4 is 11.6 Å². The summed E-state index contributed by atoms with van der Waals surface area (Å²) in [5, 5.41) is 8.17. The van der Waals surface area contributed by atoms with Crippen molar-refractivity contribution in [3.05, 3.63) is 16.9 Å². The van der Waals surface area contributed by atoms with Gasteiger partial charge in [-0.3, -0.25) is 5.10 Å². The molecule has 0 aliphatic heterocycles. The molecule has 0 amide bonds. The highest BCUT2D eigenvalue weighted by molar-refractivity contribution is 6.31. The highest BCUT2D eigenvalue weighted by Gasteiger charge is 2.52. The molecule has 4 fully saturated rings. The molecule has 1 heterocycles. The number of halogens is 1. The topological polar surface area (TPSA) is 28.7 Å². The third kappa shape index (κ3) is 1.17. The van der Waals surface area contributed by atoms with Gasteiger partial charge < -0.3 is 0 Å². The molecule has 0 spiro atoms. The molecule has 4 bridgehead atoms. The van der Waals surface area contributed by atoms with Crippen molar-refractivity contribution in [3.63, 3.8) is 0 Å². The molecule has 3 heteroatoms. The third-order valence-corrected chi connectivity index (χ3v) is 5.45. The summed E-state index contributed by atoms with van der Waals surface area (Å²) in [6.07, 6.45) is 10.2. The molecular formula is C13H17ClN2. The predicted octanol–water partition coefficient (Wildman–Crippen LogP) is 3.53. The van der Waals surface area contributed by atoms with E-state index in [0.29, 0.717) is 5.41 Å². The van der Waals surface area contributed by atoms with E-state index in [0.717, 1.165) is 22.8 Å². The van der Waals surface area contributed by atoms with Crippen LogP contribution in [0.3, 0.4) is 0 Å². The second kappa shape index (κ2) is 3.04. The number of rotatable bonds is 1. The van der Waals surface area contributed by atoms with Gasteiger partial charge in [-0.2, -0.15) is 5.10 Å². The average Bonchev–Trinajstić information content (AvgIpc) is 2.62. The molecule has 0 atom stereocenters. The maximum Gasteiger partial charge on any atom is 0.0820 e. The van der Waals surface area contributed by atoms with Crippen LogP contribution < -0.4 is 0 Å². The molecule has 0 unspecified atom stereocenters. The van der Waals surface area contributed by atoms with Crippen LogP contribution in [-0.2, 0) is 5.41 Å². The van der Waals surface area contributed by atoms with Crippen molar-refractivity contribution in [2.45, 2.75) is 43.9 Å². The number of aromatic nitrogens is 2. The second-order valence-electron chi connectivity index (χ2n) is 6.29. The van der Waals surface area contributed by atoms with Gasteiger partial charge in [-0.05, 0) is 56.3 Å². The Hall–Kier alpha value is -0.500. The van der Waals surface area contributed by atoms with E-state index in [-0.39, 0.29) is 0 Å². The van der Waals surface area contributed by atoms with E-state index in [1.54, 1.807) is 6.20 Å². The van der Waals surface area contributed by atoms with E-state index in [1.807, 2.05) is 0 Å². The zero-order valence-corrected chi connectivity index (χ0v) is 10.1. The molecule has 4 aliphatic carbocycles. The molecule has 86 valence electrons. The zero-order valence-electron chi connectivity index (χ0n) is 9.38. The largest absolute Gasteiger partial charge is 0.280 e.